The molecular formula is C11H9N3O4S2. The smallest absolute Gasteiger partial charge is 0.358 e. The highest BCUT2D eigenvalue weighted by Gasteiger charge is 2.15. The molecule has 0 unspecified atom stereocenters. The molecule has 0 fully saturated rings. The first kappa shape index (κ1) is 14.2. The molecule has 0 saturated heterocycles. The molecule has 9 heteroatoms. The maximum absolute atomic E-state index is 11.6. The molecule has 104 valence electrons. The number of thiophene rings is 1. The van der Waals surface area contributed by atoms with E-state index in [9.17, 15) is 14.4 Å². The number of hydrogen-bond acceptors (Lipinski definition) is 7. The highest BCUT2D eigenvalue weighted by molar-refractivity contribution is 7.20. The average Bonchev–Trinajstić information content (AvgIpc) is 3.04. The van der Waals surface area contributed by atoms with Crippen LogP contribution in [0, 0.1) is 0 Å². The molecule has 0 spiro atoms. The molecule has 0 atom stereocenters. The van der Waals surface area contributed by atoms with Crippen LogP contribution in [0.25, 0.3) is 9.88 Å². The number of primary amides is 1. The quantitative estimate of drug-likeness (QED) is 0.825. The van der Waals surface area contributed by atoms with Crippen molar-refractivity contribution < 1.29 is 19.1 Å². The Bertz CT molecular complexity index is 636. The van der Waals surface area contributed by atoms with Gasteiger partial charge in [0.15, 0.2) is 12.3 Å². The summed E-state index contributed by atoms with van der Waals surface area (Å²) in [5.41, 5.74) is 4.86. The van der Waals surface area contributed by atoms with E-state index in [0.717, 1.165) is 4.88 Å². The van der Waals surface area contributed by atoms with Crippen LogP contribution in [0.1, 0.15) is 10.5 Å². The maximum Gasteiger partial charge on any atom is 0.358 e. The number of ether oxygens (including phenoxy) is 1. The Labute approximate surface area is 121 Å². The second-order valence-electron chi connectivity index (χ2n) is 3.50. The molecule has 0 aliphatic rings. The molecule has 0 aliphatic carbocycles. The van der Waals surface area contributed by atoms with Gasteiger partial charge in [-0.3, -0.25) is 10.1 Å². The first-order chi connectivity index (χ1) is 9.56. The lowest BCUT2D eigenvalue weighted by Gasteiger charge is -2.01. The first-order valence-electron chi connectivity index (χ1n) is 5.32. The van der Waals surface area contributed by atoms with Gasteiger partial charge in [0, 0.05) is 5.38 Å². The molecule has 0 saturated carbocycles. The minimum absolute atomic E-state index is 0.116. The summed E-state index contributed by atoms with van der Waals surface area (Å²) < 4.78 is 4.71. The van der Waals surface area contributed by atoms with E-state index >= 15 is 0 Å². The SMILES string of the molecule is NC(=O)NC(=O)COC(=O)c1csc(-c2cccs2)n1. The molecule has 2 aromatic heterocycles. The van der Waals surface area contributed by atoms with Crippen molar-refractivity contribution in [1.82, 2.24) is 10.3 Å². The number of urea groups is 1. The highest BCUT2D eigenvalue weighted by atomic mass is 32.1. The van der Waals surface area contributed by atoms with Crippen molar-refractivity contribution in [3.8, 4) is 9.88 Å². The van der Waals surface area contributed by atoms with E-state index < -0.39 is 24.5 Å². The third-order valence-corrected chi connectivity index (χ3v) is 3.92. The van der Waals surface area contributed by atoms with E-state index in [2.05, 4.69) is 4.98 Å². The van der Waals surface area contributed by atoms with Crippen molar-refractivity contribution in [3.05, 3.63) is 28.6 Å². The lowest BCUT2D eigenvalue weighted by Crippen LogP contribution is -2.37. The summed E-state index contributed by atoms with van der Waals surface area (Å²) in [4.78, 5) is 38.2. The summed E-state index contributed by atoms with van der Waals surface area (Å²) in [6.45, 7) is -0.590. The van der Waals surface area contributed by atoms with Crippen LogP contribution in [0.5, 0.6) is 0 Å². The van der Waals surface area contributed by atoms with Gasteiger partial charge in [-0.15, -0.1) is 22.7 Å². The zero-order valence-electron chi connectivity index (χ0n) is 9.99. The molecular weight excluding hydrogens is 302 g/mol. The maximum atomic E-state index is 11.6. The summed E-state index contributed by atoms with van der Waals surface area (Å²) in [7, 11) is 0. The number of aromatic nitrogens is 1. The second-order valence-corrected chi connectivity index (χ2v) is 5.31. The monoisotopic (exact) mass is 311 g/mol. The Hall–Kier alpha value is -2.26. The van der Waals surface area contributed by atoms with Crippen molar-refractivity contribution in [3.63, 3.8) is 0 Å². The van der Waals surface area contributed by atoms with E-state index in [1.54, 1.807) is 10.7 Å². The van der Waals surface area contributed by atoms with E-state index in [0.29, 0.717) is 5.01 Å². The van der Waals surface area contributed by atoms with Crippen LogP contribution in [0.2, 0.25) is 0 Å². The van der Waals surface area contributed by atoms with E-state index in [-0.39, 0.29) is 5.69 Å². The molecule has 2 rings (SSSR count). The zero-order chi connectivity index (χ0) is 14.5. The van der Waals surface area contributed by atoms with Crippen LogP contribution in [0.15, 0.2) is 22.9 Å². The number of nitrogens with two attached hydrogens (primary N) is 1. The highest BCUT2D eigenvalue weighted by Crippen LogP contribution is 2.27. The third-order valence-electron chi connectivity index (χ3n) is 2.04. The van der Waals surface area contributed by atoms with Gasteiger partial charge in [-0.05, 0) is 11.4 Å². The van der Waals surface area contributed by atoms with Crippen molar-refractivity contribution in [2.45, 2.75) is 0 Å². The van der Waals surface area contributed by atoms with Gasteiger partial charge in [0.05, 0.1) is 4.88 Å². The molecule has 0 bridgehead atoms. The molecule has 3 N–H and O–H groups in total. The van der Waals surface area contributed by atoms with Gasteiger partial charge < -0.3 is 10.5 Å². The van der Waals surface area contributed by atoms with Gasteiger partial charge in [0.2, 0.25) is 0 Å². The fourth-order valence-corrected chi connectivity index (χ4v) is 2.86. The molecule has 7 nitrogen and oxygen atoms in total. The Morgan fingerprint density at radius 3 is 2.80 bits per heavy atom. The standard InChI is InChI=1S/C11H9N3O4S2/c12-11(17)14-8(15)4-18-10(16)6-5-20-9(13-6)7-2-1-3-19-7/h1-3,5H,4H2,(H3,12,14,15,17). The van der Waals surface area contributed by atoms with Crippen LogP contribution in [-0.4, -0.2) is 29.5 Å². The first-order valence-corrected chi connectivity index (χ1v) is 7.08. The molecule has 20 heavy (non-hydrogen) atoms. The van der Waals surface area contributed by atoms with Crippen LogP contribution in [0.4, 0.5) is 4.79 Å². The van der Waals surface area contributed by atoms with Gasteiger partial charge in [-0.1, -0.05) is 6.07 Å². The van der Waals surface area contributed by atoms with Gasteiger partial charge in [-0.25, -0.2) is 14.6 Å². The zero-order valence-corrected chi connectivity index (χ0v) is 11.6. The lowest BCUT2D eigenvalue weighted by molar-refractivity contribution is -0.123. The van der Waals surface area contributed by atoms with Gasteiger partial charge >= 0.3 is 12.0 Å². The number of amides is 3. The molecule has 0 aromatic carbocycles. The number of thiazole rings is 1. The van der Waals surface area contributed by atoms with E-state index in [1.807, 2.05) is 17.5 Å². The van der Waals surface area contributed by atoms with Crippen molar-refractivity contribution in [1.29, 1.82) is 0 Å². The molecule has 3 amide bonds. The number of carbonyl (C=O) groups is 3. The minimum atomic E-state index is -1.00. The van der Waals surface area contributed by atoms with Gasteiger partial charge in [0.25, 0.3) is 5.91 Å². The largest absolute Gasteiger partial charge is 0.451 e. The van der Waals surface area contributed by atoms with Crippen molar-refractivity contribution >= 4 is 40.6 Å². The number of imide groups is 1. The number of esters is 1. The Kier molecular flexibility index (Phi) is 4.43. The summed E-state index contributed by atoms with van der Waals surface area (Å²) in [5.74, 6) is -1.52. The summed E-state index contributed by atoms with van der Waals surface area (Å²) in [5, 5.41) is 5.94. The number of rotatable bonds is 4. The number of nitrogens with one attached hydrogen (secondary N) is 1. The fraction of sp³-hybridized carbons (Fsp3) is 0.0909. The normalized spacial score (nSPS) is 10.0. The average molecular weight is 311 g/mol. The fourth-order valence-electron chi connectivity index (χ4n) is 1.26. The summed E-state index contributed by atoms with van der Waals surface area (Å²) >= 11 is 2.81. The van der Waals surface area contributed by atoms with E-state index in [1.165, 1.54) is 22.7 Å². The lowest BCUT2D eigenvalue weighted by atomic mass is 10.4. The number of carbonyl (C=O) groups excluding carboxylic acids is 3. The van der Waals surface area contributed by atoms with Crippen molar-refractivity contribution in [2.24, 2.45) is 5.73 Å². The van der Waals surface area contributed by atoms with E-state index in [4.69, 9.17) is 10.5 Å². The van der Waals surface area contributed by atoms with Crippen LogP contribution in [-0.2, 0) is 9.53 Å². The van der Waals surface area contributed by atoms with Crippen LogP contribution < -0.4 is 11.1 Å². The van der Waals surface area contributed by atoms with Crippen molar-refractivity contribution in [2.75, 3.05) is 6.61 Å². The Balaban J connectivity index is 1.93. The van der Waals surface area contributed by atoms with Crippen LogP contribution in [0.3, 0.4) is 0 Å². The Morgan fingerprint density at radius 1 is 1.35 bits per heavy atom. The number of nitrogens with zero attached hydrogens (tertiary/aromatic N) is 1. The topological polar surface area (TPSA) is 111 Å². The Morgan fingerprint density at radius 2 is 2.15 bits per heavy atom. The second kappa shape index (κ2) is 6.26. The minimum Gasteiger partial charge on any atom is -0.451 e. The van der Waals surface area contributed by atoms with Gasteiger partial charge in [0.1, 0.15) is 5.01 Å². The summed E-state index contributed by atoms with van der Waals surface area (Å²) in [6.07, 6.45) is 0. The summed E-state index contributed by atoms with van der Waals surface area (Å²) in [6, 6.07) is 2.77. The predicted molar refractivity (Wildman–Crippen MR) is 73.4 cm³/mol. The van der Waals surface area contributed by atoms with Crippen LogP contribution >= 0.6 is 22.7 Å². The van der Waals surface area contributed by atoms with Gasteiger partial charge in [-0.2, -0.15) is 0 Å². The molecule has 0 aliphatic heterocycles. The number of hydrogen-bond donors (Lipinski definition) is 2. The molecule has 2 heterocycles. The predicted octanol–water partition coefficient (Wildman–Crippen LogP) is 1.22. The molecule has 2 aromatic rings. The molecule has 0 radical (unpaired) electrons. The third kappa shape index (κ3) is 3.62.